The third-order valence-corrected chi connectivity index (χ3v) is 6.05. The molecule has 2 heterocycles. The van der Waals surface area contributed by atoms with Gasteiger partial charge >= 0.3 is 5.97 Å². The van der Waals surface area contributed by atoms with Gasteiger partial charge in [-0.05, 0) is 48.8 Å². The number of carbonyl (C=O) groups is 2. The largest absolute Gasteiger partial charge is 0.478 e. The minimum atomic E-state index is -0.962. The number of carboxylic acid groups (broad SMARTS) is 1. The average Bonchev–Trinajstić information content (AvgIpc) is 3.45. The first-order valence-corrected chi connectivity index (χ1v) is 11.1. The van der Waals surface area contributed by atoms with E-state index in [4.69, 9.17) is 0 Å². The summed E-state index contributed by atoms with van der Waals surface area (Å²) in [6.07, 6.45) is 6.69. The molecule has 1 aliphatic carbocycles. The number of carbonyl (C=O) groups excluding carboxylic acids is 1. The van der Waals surface area contributed by atoms with Crippen LogP contribution in [0.3, 0.4) is 0 Å². The van der Waals surface area contributed by atoms with Crippen LogP contribution in [0, 0.1) is 5.92 Å². The van der Waals surface area contributed by atoms with Crippen LogP contribution in [-0.4, -0.2) is 39.7 Å². The van der Waals surface area contributed by atoms with E-state index in [-0.39, 0.29) is 11.1 Å². The summed E-state index contributed by atoms with van der Waals surface area (Å²) in [5, 5.41) is 13.8. The number of aryl methyl sites for hydroxylation is 1. The van der Waals surface area contributed by atoms with Gasteiger partial charge in [-0.3, -0.25) is 9.59 Å². The lowest BCUT2D eigenvalue weighted by Crippen LogP contribution is -2.17. The predicted octanol–water partition coefficient (Wildman–Crippen LogP) is 3.73. The number of anilines is 1. The minimum Gasteiger partial charge on any atom is -0.478 e. The molecule has 30 heavy (non-hydrogen) atoms. The average molecular weight is 426 g/mol. The smallest absolute Gasteiger partial charge is 0.336 e. The van der Waals surface area contributed by atoms with Gasteiger partial charge in [0.15, 0.2) is 6.29 Å². The Balaban J connectivity index is 1.98. The van der Waals surface area contributed by atoms with E-state index < -0.39 is 5.97 Å². The number of H-pyrrole nitrogens is 1. The normalized spacial score (nSPS) is 13.5. The fourth-order valence-corrected chi connectivity index (χ4v) is 4.25. The zero-order valence-electron chi connectivity index (χ0n) is 16.8. The van der Waals surface area contributed by atoms with Crippen molar-refractivity contribution in [2.24, 2.45) is 13.0 Å². The van der Waals surface area contributed by atoms with Crippen molar-refractivity contribution in [1.29, 1.82) is 0 Å². The number of aromatic amines is 1. The van der Waals surface area contributed by atoms with Gasteiger partial charge in [-0.1, -0.05) is 0 Å². The number of pyridine rings is 1. The maximum atomic E-state index is 12.6. The molecule has 0 spiro atoms. The number of hydrogen-bond acceptors (Lipinski definition) is 5. The molecule has 3 N–H and O–H groups in total. The van der Waals surface area contributed by atoms with Crippen LogP contribution in [0.5, 0.6) is 0 Å². The van der Waals surface area contributed by atoms with Crippen LogP contribution in [0.25, 0.3) is 22.0 Å². The number of nitrogens with one attached hydrogen (secondary N) is 2. The minimum absolute atomic E-state index is 0.221. The van der Waals surface area contributed by atoms with Gasteiger partial charge < -0.3 is 20.0 Å². The maximum absolute atomic E-state index is 12.6. The van der Waals surface area contributed by atoms with E-state index in [0.29, 0.717) is 34.6 Å². The molecule has 0 unspecified atom stereocenters. The van der Waals surface area contributed by atoms with E-state index in [1.165, 1.54) is 17.4 Å². The second kappa shape index (κ2) is 8.02. The third-order valence-electron chi connectivity index (χ3n) is 5.45. The summed E-state index contributed by atoms with van der Waals surface area (Å²) in [5.74, 6) is 0.195. The Morgan fingerprint density at radius 2 is 2.10 bits per heavy atom. The first-order chi connectivity index (χ1) is 14.4. The summed E-state index contributed by atoms with van der Waals surface area (Å²) >= 11 is 1.55. The number of thioether (sulfide) groups is 1. The topological polar surface area (TPSA) is 104 Å². The van der Waals surface area contributed by atoms with Gasteiger partial charge in [-0.15, -0.1) is 0 Å². The molecule has 1 aliphatic rings. The molecule has 0 atom stereocenters. The van der Waals surface area contributed by atoms with Gasteiger partial charge in [0.25, 0.3) is 5.56 Å². The van der Waals surface area contributed by atoms with Crippen molar-refractivity contribution in [3.63, 3.8) is 0 Å². The van der Waals surface area contributed by atoms with E-state index >= 15 is 0 Å². The van der Waals surface area contributed by atoms with Crippen molar-refractivity contribution >= 4 is 40.6 Å². The van der Waals surface area contributed by atoms with Gasteiger partial charge in [0.2, 0.25) is 0 Å². The number of rotatable bonds is 8. The van der Waals surface area contributed by atoms with E-state index in [2.05, 4.69) is 10.3 Å². The number of nitrogens with zero attached hydrogens (tertiary/aromatic N) is 1. The molecule has 8 heteroatoms. The van der Waals surface area contributed by atoms with Crippen molar-refractivity contribution in [3.05, 3.63) is 51.6 Å². The SMILES string of the molecule is CSCc1cc(-c2cn(C)c(=O)c3[nH]c(C=O)cc23)c(NCC2CC2)cc1C(=O)O. The highest BCUT2D eigenvalue weighted by Gasteiger charge is 2.23. The zero-order chi connectivity index (χ0) is 21.4. The van der Waals surface area contributed by atoms with Crippen molar-refractivity contribution in [2.45, 2.75) is 18.6 Å². The van der Waals surface area contributed by atoms with Crippen LogP contribution in [0.1, 0.15) is 39.3 Å². The molecule has 1 saturated carbocycles. The third kappa shape index (κ3) is 3.75. The lowest BCUT2D eigenvalue weighted by Gasteiger charge is -2.17. The Morgan fingerprint density at radius 1 is 1.33 bits per heavy atom. The number of hydrogen-bond donors (Lipinski definition) is 3. The molecule has 156 valence electrons. The van der Waals surface area contributed by atoms with Crippen molar-refractivity contribution in [1.82, 2.24) is 9.55 Å². The Morgan fingerprint density at radius 3 is 2.73 bits per heavy atom. The molecule has 7 nitrogen and oxygen atoms in total. The molecule has 1 aromatic carbocycles. The zero-order valence-corrected chi connectivity index (χ0v) is 17.6. The van der Waals surface area contributed by atoms with Crippen LogP contribution >= 0.6 is 11.8 Å². The molecule has 0 radical (unpaired) electrons. The number of benzene rings is 1. The van der Waals surface area contributed by atoms with Crippen LogP contribution in [-0.2, 0) is 12.8 Å². The van der Waals surface area contributed by atoms with Crippen molar-refractivity contribution < 1.29 is 14.7 Å². The second-order valence-electron chi connectivity index (χ2n) is 7.71. The van der Waals surface area contributed by atoms with Crippen LogP contribution < -0.4 is 10.9 Å². The van der Waals surface area contributed by atoms with E-state index in [0.717, 1.165) is 28.9 Å². The molecule has 0 bridgehead atoms. The number of aromatic nitrogens is 2. The first kappa shape index (κ1) is 20.3. The Bertz CT molecular complexity index is 1210. The lowest BCUT2D eigenvalue weighted by atomic mass is 9.96. The number of fused-ring (bicyclic) bond motifs is 1. The predicted molar refractivity (Wildman–Crippen MR) is 120 cm³/mol. The van der Waals surface area contributed by atoms with Gasteiger partial charge in [0, 0.05) is 47.7 Å². The van der Waals surface area contributed by atoms with Gasteiger partial charge in [0.1, 0.15) is 5.52 Å². The second-order valence-corrected chi connectivity index (χ2v) is 8.57. The molecular formula is C22H23N3O4S. The van der Waals surface area contributed by atoms with Gasteiger partial charge in [-0.2, -0.15) is 11.8 Å². The highest BCUT2D eigenvalue weighted by Crippen LogP contribution is 2.37. The summed E-state index contributed by atoms with van der Waals surface area (Å²) in [7, 11) is 1.67. The Labute approximate surface area is 177 Å². The Kier molecular flexibility index (Phi) is 5.42. The summed E-state index contributed by atoms with van der Waals surface area (Å²) in [6.45, 7) is 0.773. The molecule has 3 aromatic rings. The fraction of sp³-hybridized carbons (Fsp3) is 0.318. The standard InChI is InChI=1S/C22H23N3O4S/c1-25-9-18(17-6-14(10-26)24-20(17)21(25)27)16-5-13(11-30-2)15(22(28)29)7-19(16)23-8-12-3-4-12/h5-7,9-10,12,23-24H,3-4,8,11H2,1-2H3,(H,28,29). The quantitative estimate of drug-likeness (QED) is 0.475. The molecule has 4 rings (SSSR count). The molecule has 0 aliphatic heterocycles. The highest BCUT2D eigenvalue weighted by molar-refractivity contribution is 7.97. The molecule has 2 aromatic heterocycles. The summed E-state index contributed by atoms with van der Waals surface area (Å²) in [6, 6.07) is 5.25. The van der Waals surface area contributed by atoms with E-state index in [1.54, 1.807) is 37.1 Å². The van der Waals surface area contributed by atoms with Crippen molar-refractivity contribution in [2.75, 3.05) is 18.1 Å². The lowest BCUT2D eigenvalue weighted by molar-refractivity contribution is 0.0696. The highest BCUT2D eigenvalue weighted by atomic mass is 32.2. The summed E-state index contributed by atoms with van der Waals surface area (Å²) < 4.78 is 1.48. The Hall–Kier alpha value is -3.00. The van der Waals surface area contributed by atoms with E-state index in [9.17, 15) is 19.5 Å². The van der Waals surface area contributed by atoms with Crippen LogP contribution in [0.2, 0.25) is 0 Å². The maximum Gasteiger partial charge on any atom is 0.336 e. The number of aldehydes is 1. The van der Waals surface area contributed by atoms with Crippen LogP contribution in [0.15, 0.2) is 29.2 Å². The number of carboxylic acids is 1. The van der Waals surface area contributed by atoms with Gasteiger partial charge in [0.05, 0.1) is 11.3 Å². The fourth-order valence-electron chi connectivity index (χ4n) is 3.70. The molecule has 0 saturated heterocycles. The monoisotopic (exact) mass is 425 g/mol. The summed E-state index contributed by atoms with van der Waals surface area (Å²) in [4.78, 5) is 38.7. The number of aromatic carboxylic acids is 1. The van der Waals surface area contributed by atoms with Crippen molar-refractivity contribution in [3.8, 4) is 11.1 Å². The summed E-state index contributed by atoms with van der Waals surface area (Å²) in [5.41, 5.74) is 3.77. The first-order valence-electron chi connectivity index (χ1n) is 9.73. The van der Waals surface area contributed by atoms with Crippen LogP contribution in [0.4, 0.5) is 5.69 Å². The molecular weight excluding hydrogens is 402 g/mol. The molecule has 1 fully saturated rings. The molecule has 0 amide bonds. The van der Waals surface area contributed by atoms with E-state index in [1.807, 2.05) is 12.3 Å². The van der Waals surface area contributed by atoms with Gasteiger partial charge in [-0.25, -0.2) is 4.79 Å².